The average molecular weight is 523 g/mol. The van der Waals surface area contributed by atoms with E-state index in [1.54, 1.807) is 23.3 Å². The van der Waals surface area contributed by atoms with Gasteiger partial charge in [-0.15, -0.1) is 0 Å². The van der Waals surface area contributed by atoms with Gasteiger partial charge in [0.15, 0.2) is 5.41 Å². The van der Waals surface area contributed by atoms with Crippen LogP contribution >= 0.6 is 11.5 Å². The van der Waals surface area contributed by atoms with E-state index in [1.807, 2.05) is 27.7 Å². The van der Waals surface area contributed by atoms with Crippen LogP contribution in [0.25, 0.3) is 0 Å². The van der Waals surface area contributed by atoms with E-state index in [0.29, 0.717) is 5.73 Å². The molecule has 0 aromatic heterocycles. The standard InChI is InChI=1S/C30H42BClN3O2/c1-17(2)35(18(3)4)31(32)29-33(25-21(7)13-19(5)14-22(25)8)27(36)30(11,12)28(37)34(29)26-23(9)15-20(6)16-24(26)10/h13-18H,1-12H3/q+1. The zero-order valence-electron chi connectivity index (χ0n) is 24.6. The maximum absolute atomic E-state index is 14.3. The molecule has 0 N–H and O–H groups in total. The summed E-state index contributed by atoms with van der Waals surface area (Å²) < 4.78 is 1.74. The number of carbonyl (C=O) groups excluding carboxylic acids is 2. The highest BCUT2D eigenvalue weighted by molar-refractivity contribution is 7.23. The Morgan fingerprint density at radius 1 is 0.811 bits per heavy atom. The molecule has 2 aromatic rings. The van der Waals surface area contributed by atoms with Gasteiger partial charge < -0.3 is 4.81 Å². The van der Waals surface area contributed by atoms with Crippen LogP contribution in [0.3, 0.4) is 0 Å². The van der Waals surface area contributed by atoms with Gasteiger partial charge in [0.05, 0.1) is 0 Å². The second-order valence-corrected chi connectivity index (χ2v) is 12.1. The van der Waals surface area contributed by atoms with Crippen LogP contribution in [0.1, 0.15) is 74.9 Å². The van der Waals surface area contributed by atoms with Crippen molar-refractivity contribution in [3.8, 4) is 0 Å². The highest BCUT2D eigenvalue weighted by Crippen LogP contribution is 2.39. The molecule has 0 atom stereocenters. The monoisotopic (exact) mass is 522 g/mol. The van der Waals surface area contributed by atoms with Crippen LogP contribution in [-0.2, 0) is 9.59 Å². The van der Waals surface area contributed by atoms with Crippen molar-refractivity contribution in [3.05, 3.63) is 57.6 Å². The summed E-state index contributed by atoms with van der Waals surface area (Å²) in [7, 11) is 0. The molecule has 3 rings (SSSR count). The summed E-state index contributed by atoms with van der Waals surface area (Å²) in [4.78, 5) is 32.5. The van der Waals surface area contributed by atoms with Crippen LogP contribution in [0.4, 0.5) is 11.4 Å². The topological polar surface area (TPSA) is 43.6 Å². The Labute approximate surface area is 228 Å². The first kappa shape index (κ1) is 29.1. The first-order valence-corrected chi connectivity index (χ1v) is 13.6. The molecule has 0 aliphatic carbocycles. The average Bonchev–Trinajstić information content (AvgIpc) is 2.73. The lowest BCUT2D eigenvalue weighted by atomic mass is 9.76. The van der Waals surface area contributed by atoms with Crippen molar-refractivity contribution in [1.29, 1.82) is 0 Å². The van der Waals surface area contributed by atoms with Crippen molar-refractivity contribution in [2.75, 3.05) is 4.90 Å². The number of carbonyl (C=O) groups is 2. The second-order valence-electron chi connectivity index (χ2n) is 11.7. The summed E-state index contributed by atoms with van der Waals surface area (Å²) in [6.07, 6.45) is -0.732. The molecular weight excluding hydrogens is 481 g/mol. The SMILES string of the molecule is Cc1cc(C)c(N2C(=O)C(C)(C)C(=O)[N+](c3c(C)cc(C)cc3C)=C2B(Cl)N(C(C)C)C(C)C)c(C)c1. The molecule has 0 unspecified atom stereocenters. The minimum Gasteiger partial charge on any atom is -0.314 e. The molecule has 198 valence electrons. The summed E-state index contributed by atoms with van der Waals surface area (Å²) in [6, 6.07) is 8.48. The maximum atomic E-state index is 14.3. The molecule has 0 fully saturated rings. The molecule has 1 aliphatic rings. The van der Waals surface area contributed by atoms with E-state index in [-0.39, 0.29) is 23.9 Å². The quantitative estimate of drug-likeness (QED) is 0.245. The number of hydrogen-bond acceptors (Lipinski definition) is 3. The van der Waals surface area contributed by atoms with Gasteiger partial charge in [-0.25, -0.2) is 9.59 Å². The third-order valence-electron chi connectivity index (χ3n) is 7.32. The molecule has 0 bridgehead atoms. The first-order chi connectivity index (χ1) is 17.0. The summed E-state index contributed by atoms with van der Waals surface area (Å²) in [5, 5.41) is 0. The highest BCUT2D eigenvalue weighted by atomic mass is 35.5. The lowest BCUT2D eigenvalue weighted by molar-refractivity contribution is -0.377. The fourth-order valence-electron chi connectivity index (χ4n) is 5.91. The fraction of sp³-hybridized carbons (Fsp3) is 0.500. The Bertz CT molecular complexity index is 1240. The highest BCUT2D eigenvalue weighted by Gasteiger charge is 2.59. The number of hydrogen-bond donors (Lipinski definition) is 0. The van der Waals surface area contributed by atoms with Gasteiger partial charge in [0, 0.05) is 0 Å². The fourth-order valence-corrected chi connectivity index (χ4v) is 6.55. The predicted octanol–water partition coefficient (Wildman–Crippen LogP) is 6.56. The Morgan fingerprint density at radius 2 is 1.22 bits per heavy atom. The Hall–Kier alpha value is -2.44. The molecule has 0 saturated carbocycles. The molecule has 5 nitrogen and oxygen atoms in total. The number of aryl methyl sites for hydroxylation is 6. The van der Waals surface area contributed by atoms with Crippen molar-refractivity contribution in [2.24, 2.45) is 5.41 Å². The predicted molar refractivity (Wildman–Crippen MR) is 156 cm³/mol. The molecular formula is C30H42BClN3O2+. The van der Waals surface area contributed by atoms with Crippen LogP contribution in [-0.4, -0.2) is 45.3 Å². The van der Waals surface area contributed by atoms with Crippen molar-refractivity contribution < 1.29 is 14.2 Å². The lowest BCUT2D eigenvalue weighted by Gasteiger charge is -2.39. The van der Waals surface area contributed by atoms with E-state index in [9.17, 15) is 9.59 Å². The molecule has 7 heteroatoms. The van der Waals surface area contributed by atoms with Gasteiger partial charge in [-0.3, -0.25) is 0 Å². The number of nitrogens with zero attached hydrogens (tertiary/aromatic N) is 3. The minimum atomic E-state index is -1.28. The van der Waals surface area contributed by atoms with Crippen LogP contribution in [0.15, 0.2) is 24.3 Å². The van der Waals surface area contributed by atoms with Crippen molar-refractivity contribution in [3.63, 3.8) is 0 Å². The number of anilines is 1. The van der Waals surface area contributed by atoms with Gasteiger partial charge in [0.1, 0.15) is 11.4 Å². The van der Waals surface area contributed by atoms with Gasteiger partial charge in [0.25, 0.3) is 5.73 Å². The Morgan fingerprint density at radius 3 is 1.62 bits per heavy atom. The van der Waals surface area contributed by atoms with Crippen LogP contribution in [0.5, 0.6) is 0 Å². The van der Waals surface area contributed by atoms with Crippen molar-refractivity contribution in [1.82, 2.24) is 4.81 Å². The number of benzene rings is 2. The smallest absolute Gasteiger partial charge is 0.314 e. The van der Waals surface area contributed by atoms with Crippen LogP contribution in [0, 0.1) is 47.0 Å². The van der Waals surface area contributed by atoms with Gasteiger partial charge in [-0.1, -0.05) is 63.1 Å². The Balaban J connectivity index is 2.58. The van der Waals surface area contributed by atoms with Crippen LogP contribution < -0.4 is 4.90 Å². The van der Waals surface area contributed by atoms with Crippen LogP contribution in [0.2, 0.25) is 0 Å². The molecule has 1 heterocycles. The number of halogens is 1. The molecule has 0 saturated heterocycles. The molecule has 1 aliphatic heterocycles. The Kier molecular flexibility index (Phi) is 8.17. The van der Waals surface area contributed by atoms with Gasteiger partial charge in [-0.2, -0.15) is 20.9 Å². The van der Waals surface area contributed by atoms with Crippen molar-refractivity contribution in [2.45, 2.75) is 95.2 Å². The summed E-state index contributed by atoms with van der Waals surface area (Å²) in [5.74, 6) is -0.529. The summed E-state index contributed by atoms with van der Waals surface area (Å²) in [6.45, 7) is 24.0. The first-order valence-electron chi connectivity index (χ1n) is 13.2. The number of amidine groups is 1. The van der Waals surface area contributed by atoms with E-state index in [2.05, 4.69) is 70.6 Å². The minimum absolute atomic E-state index is 0.0827. The number of amides is 2. The largest absolute Gasteiger partial charge is 0.467 e. The third kappa shape index (κ3) is 5.03. The normalized spacial score (nSPS) is 16.1. The van der Waals surface area contributed by atoms with Gasteiger partial charge in [-0.05, 0) is 89.7 Å². The summed E-state index contributed by atoms with van der Waals surface area (Å²) in [5.41, 5.74) is 6.88. The second kappa shape index (κ2) is 10.4. The van der Waals surface area contributed by atoms with Gasteiger partial charge in [0.2, 0.25) is 0 Å². The molecule has 37 heavy (non-hydrogen) atoms. The van der Waals surface area contributed by atoms with E-state index in [4.69, 9.17) is 11.5 Å². The van der Waals surface area contributed by atoms with E-state index >= 15 is 0 Å². The maximum Gasteiger partial charge on any atom is 0.467 e. The number of rotatable bonds is 6. The molecule has 0 radical (unpaired) electrons. The zero-order valence-corrected chi connectivity index (χ0v) is 25.3. The van der Waals surface area contributed by atoms with E-state index in [0.717, 1.165) is 44.8 Å². The zero-order chi connectivity index (χ0) is 28.1. The molecule has 2 aromatic carbocycles. The van der Waals surface area contributed by atoms with E-state index in [1.165, 1.54) is 0 Å². The lowest BCUT2D eigenvalue weighted by Crippen LogP contribution is -2.66. The van der Waals surface area contributed by atoms with E-state index < -0.39 is 11.7 Å². The summed E-state index contributed by atoms with van der Waals surface area (Å²) >= 11 is 7.40. The molecule has 2 amide bonds. The van der Waals surface area contributed by atoms with Crippen molar-refractivity contribution >= 4 is 46.6 Å². The third-order valence-corrected chi connectivity index (χ3v) is 7.74. The molecule has 0 spiro atoms. The van der Waals surface area contributed by atoms with Gasteiger partial charge >= 0.3 is 18.1 Å².